The fraction of sp³-hybridized carbons (Fsp3) is 0.238. The number of halogens is 1. The van der Waals surface area contributed by atoms with Crippen LogP contribution in [0.3, 0.4) is 0 Å². The third-order valence-electron chi connectivity index (χ3n) is 4.46. The monoisotopic (exact) mass is 443 g/mol. The van der Waals surface area contributed by atoms with Gasteiger partial charge in [0.05, 0.1) is 16.9 Å². The van der Waals surface area contributed by atoms with Gasteiger partial charge in [0.15, 0.2) is 0 Å². The molecule has 0 radical (unpaired) electrons. The minimum atomic E-state index is -0.417. The predicted octanol–water partition coefficient (Wildman–Crippen LogP) is 5.37. The van der Waals surface area contributed by atoms with E-state index in [-0.39, 0.29) is 6.61 Å². The quantitative estimate of drug-likeness (QED) is 0.292. The van der Waals surface area contributed by atoms with Crippen LogP contribution in [0, 0.1) is 13.8 Å². The van der Waals surface area contributed by atoms with Crippen LogP contribution in [0.2, 0.25) is 5.15 Å². The molecule has 0 spiro atoms. The molecular weight excluding hydrogens is 426 g/mol. The molecule has 3 aromatic heterocycles. The van der Waals surface area contributed by atoms with Crippen LogP contribution in [-0.4, -0.2) is 27.8 Å². The van der Waals surface area contributed by atoms with E-state index in [0.717, 1.165) is 21.4 Å². The van der Waals surface area contributed by atoms with Gasteiger partial charge in [-0.3, -0.25) is 0 Å². The van der Waals surface area contributed by atoms with Crippen molar-refractivity contribution in [3.05, 3.63) is 57.5 Å². The largest absolute Gasteiger partial charge is 0.489 e. The molecule has 0 aliphatic carbocycles. The first-order valence-corrected chi connectivity index (χ1v) is 10.5. The van der Waals surface area contributed by atoms with Gasteiger partial charge in [-0.15, -0.1) is 21.5 Å². The van der Waals surface area contributed by atoms with Crippen LogP contribution in [-0.2, 0) is 11.3 Å². The van der Waals surface area contributed by atoms with Crippen LogP contribution in [0.5, 0.6) is 5.75 Å². The number of carbonyl (C=O) groups excluding carboxylic acids is 1. The summed E-state index contributed by atoms with van der Waals surface area (Å²) in [5, 5.41) is 10.9. The molecule has 4 rings (SSSR count). The second-order valence-electron chi connectivity index (χ2n) is 6.54. The van der Waals surface area contributed by atoms with Crippen molar-refractivity contribution in [2.75, 3.05) is 6.61 Å². The lowest BCUT2D eigenvalue weighted by Gasteiger charge is -2.10. The average molecular weight is 444 g/mol. The number of hydrogen-bond donors (Lipinski definition) is 0. The zero-order valence-electron chi connectivity index (χ0n) is 16.6. The molecule has 0 fully saturated rings. The number of esters is 1. The summed E-state index contributed by atoms with van der Waals surface area (Å²) >= 11 is 7.75. The van der Waals surface area contributed by atoms with Crippen molar-refractivity contribution in [1.82, 2.24) is 15.2 Å². The molecule has 1 aromatic carbocycles. The number of rotatable bonds is 6. The summed E-state index contributed by atoms with van der Waals surface area (Å²) in [4.78, 5) is 16.4. The molecule has 0 amide bonds. The molecule has 154 valence electrons. The van der Waals surface area contributed by atoms with Crippen LogP contribution >= 0.6 is 22.9 Å². The summed E-state index contributed by atoms with van der Waals surface area (Å²) in [6, 6.07) is 5.70. The Balaban J connectivity index is 1.63. The van der Waals surface area contributed by atoms with E-state index in [2.05, 4.69) is 15.2 Å². The Hall–Kier alpha value is -2.97. The van der Waals surface area contributed by atoms with Gasteiger partial charge in [-0.1, -0.05) is 17.7 Å². The summed E-state index contributed by atoms with van der Waals surface area (Å²) in [5.41, 5.74) is 2.98. The summed E-state index contributed by atoms with van der Waals surface area (Å²) in [7, 11) is 0. The minimum Gasteiger partial charge on any atom is -0.489 e. The molecule has 4 aromatic rings. The summed E-state index contributed by atoms with van der Waals surface area (Å²) in [5.74, 6) is 1.20. The number of ether oxygens (including phenoxy) is 2. The molecule has 0 unspecified atom stereocenters. The van der Waals surface area contributed by atoms with Gasteiger partial charge in [0, 0.05) is 29.6 Å². The van der Waals surface area contributed by atoms with Crippen molar-refractivity contribution in [3.8, 4) is 17.2 Å². The number of aryl methyl sites for hydroxylation is 2. The lowest BCUT2D eigenvalue weighted by Crippen LogP contribution is -2.05. The van der Waals surface area contributed by atoms with E-state index < -0.39 is 5.97 Å². The molecule has 7 nitrogen and oxygen atoms in total. The first-order chi connectivity index (χ1) is 14.5. The SMILES string of the molecule is CCOC(=O)c1cnc(Cl)c2c(COc3cc(-c4nnc(C)o4)ccc3C)csc12. The number of aromatic nitrogens is 3. The molecule has 0 saturated carbocycles. The molecule has 0 N–H and O–H groups in total. The fourth-order valence-corrected chi connectivity index (χ4v) is 4.36. The van der Waals surface area contributed by atoms with Crippen molar-refractivity contribution in [2.45, 2.75) is 27.4 Å². The molecule has 9 heteroatoms. The van der Waals surface area contributed by atoms with E-state index in [1.165, 1.54) is 17.5 Å². The van der Waals surface area contributed by atoms with Gasteiger partial charge in [-0.2, -0.15) is 0 Å². The number of benzene rings is 1. The van der Waals surface area contributed by atoms with Gasteiger partial charge in [0.1, 0.15) is 17.5 Å². The average Bonchev–Trinajstić information content (AvgIpc) is 3.35. The van der Waals surface area contributed by atoms with Crippen molar-refractivity contribution in [1.29, 1.82) is 0 Å². The maximum atomic E-state index is 12.2. The van der Waals surface area contributed by atoms with Gasteiger partial charge in [-0.25, -0.2) is 9.78 Å². The predicted molar refractivity (Wildman–Crippen MR) is 114 cm³/mol. The second-order valence-corrected chi connectivity index (χ2v) is 7.78. The Bertz CT molecular complexity index is 1230. The maximum absolute atomic E-state index is 12.2. The van der Waals surface area contributed by atoms with Crippen LogP contribution in [0.4, 0.5) is 0 Å². The molecule has 0 bridgehead atoms. The lowest BCUT2D eigenvalue weighted by atomic mass is 10.1. The third kappa shape index (κ3) is 3.88. The standard InChI is InChI=1S/C21H18ClN3O4S/c1-4-27-21(26)15-8-23-19(22)17-14(10-30-18(15)17)9-28-16-7-13(6-5-11(16)2)20-25-24-12(3)29-20/h5-8,10H,4,9H2,1-3H3. The fourth-order valence-electron chi connectivity index (χ4n) is 2.98. The van der Waals surface area contributed by atoms with Crippen LogP contribution in [0.15, 0.2) is 34.2 Å². The minimum absolute atomic E-state index is 0.265. The molecule has 0 saturated heterocycles. The smallest absolute Gasteiger partial charge is 0.341 e. The summed E-state index contributed by atoms with van der Waals surface area (Å²) in [6.07, 6.45) is 1.45. The van der Waals surface area contributed by atoms with E-state index in [0.29, 0.717) is 40.2 Å². The molecule has 30 heavy (non-hydrogen) atoms. The van der Waals surface area contributed by atoms with Gasteiger partial charge < -0.3 is 13.9 Å². The van der Waals surface area contributed by atoms with Crippen LogP contribution in [0.25, 0.3) is 21.5 Å². The number of hydrogen-bond acceptors (Lipinski definition) is 8. The number of thiophene rings is 1. The Morgan fingerprint density at radius 3 is 2.83 bits per heavy atom. The molecular formula is C21H18ClN3O4S. The Morgan fingerprint density at radius 2 is 2.10 bits per heavy atom. The van der Waals surface area contributed by atoms with E-state index >= 15 is 0 Å². The highest BCUT2D eigenvalue weighted by molar-refractivity contribution is 7.17. The second kappa shape index (κ2) is 8.41. The molecule has 3 heterocycles. The zero-order chi connectivity index (χ0) is 21.3. The van der Waals surface area contributed by atoms with Gasteiger partial charge in [-0.05, 0) is 36.9 Å². The number of nitrogens with zero attached hydrogens (tertiary/aromatic N) is 3. The maximum Gasteiger partial charge on any atom is 0.341 e. The number of carbonyl (C=O) groups is 1. The van der Waals surface area contributed by atoms with Crippen molar-refractivity contribution in [2.24, 2.45) is 0 Å². The van der Waals surface area contributed by atoms with Crippen molar-refractivity contribution < 1.29 is 18.7 Å². The van der Waals surface area contributed by atoms with Gasteiger partial charge in [0.2, 0.25) is 11.8 Å². The zero-order valence-corrected chi connectivity index (χ0v) is 18.1. The third-order valence-corrected chi connectivity index (χ3v) is 5.81. The van der Waals surface area contributed by atoms with E-state index in [1.807, 2.05) is 30.5 Å². The lowest BCUT2D eigenvalue weighted by molar-refractivity contribution is 0.0528. The molecule has 0 aliphatic rings. The topological polar surface area (TPSA) is 87.3 Å². The number of fused-ring (bicyclic) bond motifs is 1. The van der Waals surface area contributed by atoms with Crippen molar-refractivity contribution >= 4 is 39.0 Å². The normalized spacial score (nSPS) is 11.1. The molecule has 0 atom stereocenters. The Labute approximate surface area is 181 Å². The first-order valence-electron chi connectivity index (χ1n) is 9.23. The van der Waals surface area contributed by atoms with Gasteiger partial charge in [0.25, 0.3) is 0 Å². The highest BCUT2D eigenvalue weighted by atomic mass is 35.5. The summed E-state index contributed by atoms with van der Waals surface area (Å²) < 4.78 is 17.4. The Morgan fingerprint density at radius 1 is 1.27 bits per heavy atom. The van der Waals surface area contributed by atoms with Crippen molar-refractivity contribution in [3.63, 3.8) is 0 Å². The number of pyridine rings is 1. The van der Waals surface area contributed by atoms with E-state index in [9.17, 15) is 4.79 Å². The Kier molecular flexibility index (Phi) is 5.69. The van der Waals surface area contributed by atoms with Crippen LogP contribution < -0.4 is 4.74 Å². The van der Waals surface area contributed by atoms with E-state index in [4.69, 9.17) is 25.5 Å². The van der Waals surface area contributed by atoms with Gasteiger partial charge >= 0.3 is 5.97 Å². The summed E-state index contributed by atoms with van der Waals surface area (Å²) in [6.45, 7) is 6.02. The van der Waals surface area contributed by atoms with Crippen LogP contribution in [0.1, 0.15) is 34.3 Å². The highest BCUT2D eigenvalue weighted by Gasteiger charge is 2.19. The highest BCUT2D eigenvalue weighted by Crippen LogP contribution is 2.35. The molecule has 0 aliphatic heterocycles. The first kappa shape index (κ1) is 20.3. The van der Waals surface area contributed by atoms with E-state index in [1.54, 1.807) is 13.8 Å².